The fraction of sp³-hybridized carbons (Fsp3) is 0.167. The summed E-state index contributed by atoms with van der Waals surface area (Å²) in [6.07, 6.45) is -4.36. The summed E-state index contributed by atoms with van der Waals surface area (Å²) in [6, 6.07) is 10.1. The number of sulfonamides is 1. The zero-order valence-corrected chi connectivity index (χ0v) is 16.4. The number of rotatable bonds is 5. The highest BCUT2D eigenvalue weighted by Gasteiger charge is 2.35. The van der Waals surface area contributed by atoms with Crippen LogP contribution in [0.1, 0.15) is 5.56 Å². The number of carbonyl (C=O) groups excluding carboxylic acids is 1. The van der Waals surface area contributed by atoms with Gasteiger partial charge in [-0.05, 0) is 35.9 Å². The molecule has 5 nitrogen and oxygen atoms in total. The Morgan fingerprint density at radius 1 is 1.11 bits per heavy atom. The molecule has 28 heavy (non-hydrogen) atoms. The summed E-state index contributed by atoms with van der Waals surface area (Å²) in [5.74, 6) is -1.05. The molecule has 0 bridgehead atoms. The van der Waals surface area contributed by atoms with Crippen LogP contribution in [0.3, 0.4) is 0 Å². The number of benzene rings is 2. The molecule has 2 aromatic rings. The number of carbonyl (C=O) groups is 1. The molecule has 0 fully saturated rings. The minimum absolute atomic E-state index is 0.0433. The molecule has 1 N–H and O–H groups in total. The first kappa shape index (κ1) is 21.9. The van der Waals surface area contributed by atoms with Gasteiger partial charge in [0.1, 0.15) is 0 Å². The fourth-order valence-electron chi connectivity index (χ4n) is 2.21. The van der Waals surface area contributed by atoms with Crippen molar-refractivity contribution in [2.45, 2.75) is 11.1 Å². The molecule has 2 aromatic carbocycles. The number of nitrogens with zero attached hydrogens (tertiary/aromatic N) is 1. The first-order valence-corrected chi connectivity index (χ1v) is 9.61. The molecule has 0 spiro atoms. The van der Waals surface area contributed by atoms with Crippen LogP contribution in [0, 0.1) is 0 Å². The van der Waals surface area contributed by atoms with Gasteiger partial charge in [0.25, 0.3) is 0 Å². The average Bonchev–Trinajstić information content (AvgIpc) is 2.60. The number of amides is 1. The molecule has 0 aliphatic rings. The van der Waals surface area contributed by atoms with Crippen molar-refractivity contribution < 1.29 is 26.4 Å². The van der Waals surface area contributed by atoms with Crippen molar-refractivity contribution in [3.05, 3.63) is 65.2 Å². The molecule has 0 radical (unpaired) electrons. The van der Waals surface area contributed by atoms with E-state index in [1.807, 2.05) is 0 Å². The SMILES string of the molecule is CN(C)S(=O)(=O)c1cccc(NC(=O)C=C(c2ccc(Cl)cc2)C(F)(F)F)c1. The van der Waals surface area contributed by atoms with Crippen LogP contribution in [0.15, 0.2) is 59.5 Å². The van der Waals surface area contributed by atoms with Crippen LogP contribution < -0.4 is 5.32 Å². The Labute approximate surface area is 165 Å². The summed E-state index contributed by atoms with van der Waals surface area (Å²) in [7, 11) is -1.08. The second-order valence-corrected chi connectivity index (χ2v) is 8.46. The van der Waals surface area contributed by atoms with E-state index in [2.05, 4.69) is 5.32 Å². The minimum atomic E-state index is -4.78. The number of anilines is 1. The molecule has 0 aliphatic carbocycles. The Balaban J connectivity index is 2.34. The van der Waals surface area contributed by atoms with E-state index < -0.39 is 27.7 Å². The summed E-state index contributed by atoms with van der Waals surface area (Å²) >= 11 is 5.68. The summed E-state index contributed by atoms with van der Waals surface area (Å²) in [5, 5.41) is 2.51. The highest BCUT2D eigenvalue weighted by atomic mass is 35.5. The number of hydrogen-bond donors (Lipinski definition) is 1. The fourth-order valence-corrected chi connectivity index (χ4v) is 3.29. The van der Waals surface area contributed by atoms with Gasteiger partial charge in [-0.15, -0.1) is 0 Å². The first-order valence-electron chi connectivity index (χ1n) is 7.79. The van der Waals surface area contributed by atoms with Gasteiger partial charge < -0.3 is 5.32 Å². The number of nitrogens with one attached hydrogen (secondary N) is 1. The predicted molar refractivity (Wildman–Crippen MR) is 101 cm³/mol. The average molecular weight is 433 g/mol. The number of hydrogen-bond acceptors (Lipinski definition) is 3. The number of allylic oxidation sites excluding steroid dienone is 1. The van der Waals surface area contributed by atoms with Crippen molar-refractivity contribution >= 4 is 38.8 Å². The van der Waals surface area contributed by atoms with E-state index in [1.165, 1.54) is 44.4 Å². The van der Waals surface area contributed by atoms with E-state index in [0.29, 0.717) is 6.08 Å². The summed E-state index contributed by atoms with van der Waals surface area (Å²) in [4.78, 5) is 12.0. The Kier molecular flexibility index (Phi) is 6.53. The lowest BCUT2D eigenvalue weighted by Crippen LogP contribution is -2.22. The van der Waals surface area contributed by atoms with Crippen molar-refractivity contribution in [2.24, 2.45) is 0 Å². The first-order chi connectivity index (χ1) is 12.9. The maximum absolute atomic E-state index is 13.3. The van der Waals surface area contributed by atoms with E-state index in [9.17, 15) is 26.4 Å². The lowest BCUT2D eigenvalue weighted by atomic mass is 10.1. The van der Waals surface area contributed by atoms with Crippen molar-refractivity contribution in [3.63, 3.8) is 0 Å². The quantitative estimate of drug-likeness (QED) is 0.721. The summed E-state index contributed by atoms with van der Waals surface area (Å²) in [5.41, 5.74) is -1.34. The zero-order chi connectivity index (χ0) is 21.1. The molecular weight excluding hydrogens is 417 g/mol. The lowest BCUT2D eigenvalue weighted by Gasteiger charge is -2.13. The van der Waals surface area contributed by atoms with Gasteiger partial charge in [0.15, 0.2) is 0 Å². The zero-order valence-electron chi connectivity index (χ0n) is 14.8. The van der Waals surface area contributed by atoms with Gasteiger partial charge in [-0.2, -0.15) is 13.2 Å². The molecule has 10 heteroatoms. The minimum Gasteiger partial charge on any atom is -0.322 e. The van der Waals surface area contributed by atoms with Gasteiger partial charge >= 0.3 is 6.18 Å². The third-order valence-corrected chi connectivity index (χ3v) is 5.68. The van der Waals surface area contributed by atoms with Gasteiger partial charge in [0, 0.05) is 30.9 Å². The Hall–Kier alpha value is -2.36. The maximum Gasteiger partial charge on any atom is 0.417 e. The van der Waals surface area contributed by atoms with Crippen LogP contribution >= 0.6 is 11.6 Å². The highest BCUT2D eigenvalue weighted by Crippen LogP contribution is 2.34. The van der Waals surface area contributed by atoms with Crippen LogP contribution in [0.25, 0.3) is 5.57 Å². The molecule has 0 aliphatic heterocycles. The molecule has 150 valence electrons. The third-order valence-electron chi connectivity index (χ3n) is 3.62. The van der Waals surface area contributed by atoms with Gasteiger partial charge in [0.05, 0.1) is 10.5 Å². The third kappa shape index (κ3) is 5.34. The van der Waals surface area contributed by atoms with Gasteiger partial charge in [-0.3, -0.25) is 4.79 Å². The van der Waals surface area contributed by atoms with E-state index in [1.54, 1.807) is 0 Å². The molecule has 2 rings (SSSR count). The van der Waals surface area contributed by atoms with Crippen molar-refractivity contribution in [1.29, 1.82) is 0 Å². The smallest absolute Gasteiger partial charge is 0.322 e. The number of alkyl halides is 3. The molecule has 0 aromatic heterocycles. The Morgan fingerprint density at radius 2 is 1.71 bits per heavy atom. The van der Waals surface area contributed by atoms with Crippen LogP contribution in [0.5, 0.6) is 0 Å². The molecule has 0 saturated heterocycles. The standard InChI is InChI=1S/C18H16ClF3N2O3S/c1-24(2)28(26,27)15-5-3-4-14(10-15)23-17(25)11-16(18(20,21)22)12-6-8-13(19)9-7-12/h3-11H,1-2H3,(H,23,25). The van der Waals surface area contributed by atoms with E-state index in [-0.39, 0.29) is 21.2 Å². The Morgan fingerprint density at radius 3 is 2.25 bits per heavy atom. The maximum atomic E-state index is 13.3. The van der Waals surface area contributed by atoms with Crippen molar-refractivity contribution in [2.75, 3.05) is 19.4 Å². The van der Waals surface area contributed by atoms with E-state index >= 15 is 0 Å². The molecule has 0 saturated carbocycles. The molecule has 0 unspecified atom stereocenters. The second kappa shape index (κ2) is 8.34. The topological polar surface area (TPSA) is 66.5 Å². The number of halogens is 4. The summed E-state index contributed by atoms with van der Waals surface area (Å²) in [6.45, 7) is 0. The highest BCUT2D eigenvalue weighted by molar-refractivity contribution is 7.89. The molecular formula is C18H16ClF3N2O3S. The lowest BCUT2D eigenvalue weighted by molar-refractivity contribution is -0.112. The van der Waals surface area contributed by atoms with Crippen molar-refractivity contribution in [3.8, 4) is 0 Å². The van der Waals surface area contributed by atoms with E-state index in [0.717, 1.165) is 22.5 Å². The monoisotopic (exact) mass is 432 g/mol. The predicted octanol–water partition coefficient (Wildman–Crippen LogP) is 4.17. The molecule has 0 heterocycles. The Bertz CT molecular complexity index is 1000. The second-order valence-electron chi connectivity index (χ2n) is 5.87. The summed E-state index contributed by atoms with van der Waals surface area (Å²) < 4.78 is 65.3. The van der Waals surface area contributed by atoms with E-state index in [4.69, 9.17) is 11.6 Å². The molecule has 1 amide bonds. The van der Waals surface area contributed by atoms with Crippen molar-refractivity contribution in [1.82, 2.24) is 4.31 Å². The largest absolute Gasteiger partial charge is 0.417 e. The van der Waals surface area contributed by atoms with Crippen LogP contribution in [-0.4, -0.2) is 38.9 Å². The van der Waals surface area contributed by atoms with Gasteiger partial charge in [-0.25, -0.2) is 12.7 Å². The van der Waals surface area contributed by atoms with Crippen LogP contribution in [-0.2, 0) is 14.8 Å². The van der Waals surface area contributed by atoms with Crippen LogP contribution in [0.4, 0.5) is 18.9 Å². The van der Waals surface area contributed by atoms with Gasteiger partial charge in [-0.1, -0.05) is 29.8 Å². The molecule has 0 atom stereocenters. The van der Waals surface area contributed by atoms with Crippen LogP contribution in [0.2, 0.25) is 5.02 Å². The van der Waals surface area contributed by atoms with Gasteiger partial charge in [0.2, 0.25) is 15.9 Å². The normalized spacial score (nSPS) is 12.9.